The van der Waals surface area contributed by atoms with Crippen molar-refractivity contribution in [2.75, 3.05) is 0 Å². The fraction of sp³-hybridized carbons (Fsp3) is 0.320. The maximum atomic E-state index is 13.1. The third-order valence-electron chi connectivity index (χ3n) is 6.06. The van der Waals surface area contributed by atoms with Crippen LogP contribution >= 0.6 is 7.37 Å². The summed E-state index contributed by atoms with van der Waals surface area (Å²) in [6.45, 7) is 3.64. The summed E-state index contributed by atoms with van der Waals surface area (Å²) in [5.41, 5.74) is 0.996. The van der Waals surface area contributed by atoms with E-state index in [0.717, 1.165) is 28.3 Å². The fourth-order valence-electron chi connectivity index (χ4n) is 4.08. The summed E-state index contributed by atoms with van der Waals surface area (Å²) < 4.78 is 13.1. The van der Waals surface area contributed by atoms with Gasteiger partial charge in [-0.05, 0) is 40.7 Å². The molecule has 4 atom stereocenters. The van der Waals surface area contributed by atoms with Crippen molar-refractivity contribution in [3.8, 4) is 0 Å². The molecule has 30 heavy (non-hydrogen) atoms. The first-order valence-electron chi connectivity index (χ1n) is 10.4. The number of fused-ring (bicyclic) bond motifs is 1. The van der Waals surface area contributed by atoms with Crippen molar-refractivity contribution in [1.82, 2.24) is 0 Å². The predicted octanol–water partition coefficient (Wildman–Crippen LogP) is 6.28. The molecular weight excluding hydrogens is 395 g/mol. The number of carboxylic acids is 1. The second-order valence-electron chi connectivity index (χ2n) is 8.03. The van der Waals surface area contributed by atoms with Crippen LogP contribution in [0.25, 0.3) is 10.8 Å². The normalized spacial score (nSPS) is 16.5. The Morgan fingerprint density at radius 2 is 1.60 bits per heavy atom. The van der Waals surface area contributed by atoms with Crippen LogP contribution in [0, 0.1) is 5.92 Å². The van der Waals surface area contributed by atoms with E-state index in [1.807, 2.05) is 55.5 Å². The molecule has 0 aliphatic rings. The second kappa shape index (κ2) is 9.59. The van der Waals surface area contributed by atoms with Crippen molar-refractivity contribution in [3.63, 3.8) is 0 Å². The highest BCUT2D eigenvalue weighted by molar-refractivity contribution is 7.58. The summed E-state index contributed by atoms with van der Waals surface area (Å²) in [6.07, 6.45) is 1.10. The van der Waals surface area contributed by atoms with Gasteiger partial charge in [0, 0.05) is 11.8 Å². The zero-order valence-electron chi connectivity index (χ0n) is 17.4. The van der Waals surface area contributed by atoms with Gasteiger partial charge in [0.15, 0.2) is 0 Å². The van der Waals surface area contributed by atoms with Crippen LogP contribution in [0.4, 0.5) is 0 Å². The van der Waals surface area contributed by atoms with E-state index in [-0.39, 0.29) is 12.1 Å². The molecule has 2 N–H and O–H groups in total. The fourth-order valence-corrected chi connectivity index (χ4v) is 5.91. The van der Waals surface area contributed by atoms with Crippen molar-refractivity contribution in [2.24, 2.45) is 5.92 Å². The number of rotatable bonds is 9. The third kappa shape index (κ3) is 5.19. The Labute approximate surface area is 178 Å². The molecule has 0 amide bonds. The molecule has 0 heterocycles. The van der Waals surface area contributed by atoms with E-state index in [0.29, 0.717) is 6.42 Å². The van der Waals surface area contributed by atoms with E-state index < -0.39 is 24.9 Å². The van der Waals surface area contributed by atoms with Gasteiger partial charge < -0.3 is 10.00 Å². The lowest BCUT2D eigenvalue weighted by Gasteiger charge is -2.28. The van der Waals surface area contributed by atoms with Crippen molar-refractivity contribution < 1.29 is 19.4 Å². The van der Waals surface area contributed by atoms with Crippen molar-refractivity contribution >= 4 is 24.1 Å². The van der Waals surface area contributed by atoms with Crippen molar-refractivity contribution in [3.05, 3.63) is 83.9 Å². The quantitative estimate of drug-likeness (QED) is 0.396. The van der Waals surface area contributed by atoms with Crippen molar-refractivity contribution in [1.29, 1.82) is 0 Å². The number of carboxylic acid groups (broad SMARTS) is 1. The Morgan fingerprint density at radius 3 is 2.23 bits per heavy atom. The molecule has 3 aromatic rings. The minimum atomic E-state index is -3.69. The number of hydrogen-bond acceptors (Lipinski definition) is 2. The molecule has 0 saturated carbocycles. The average molecular weight is 424 g/mol. The monoisotopic (exact) mass is 424 g/mol. The Bertz CT molecular complexity index is 1050. The molecule has 0 aromatic heterocycles. The Balaban J connectivity index is 1.83. The lowest BCUT2D eigenvalue weighted by molar-refractivity contribution is -0.142. The second-order valence-corrected chi connectivity index (χ2v) is 10.7. The minimum Gasteiger partial charge on any atom is -0.481 e. The molecule has 0 saturated heterocycles. The topological polar surface area (TPSA) is 74.6 Å². The summed E-state index contributed by atoms with van der Waals surface area (Å²) in [5, 5.41) is 12.2. The van der Waals surface area contributed by atoms with Crippen LogP contribution in [-0.4, -0.2) is 21.6 Å². The molecule has 3 rings (SSSR count). The van der Waals surface area contributed by atoms with Crippen LogP contribution < -0.4 is 0 Å². The highest BCUT2D eigenvalue weighted by atomic mass is 31.2. The highest BCUT2D eigenvalue weighted by Crippen LogP contribution is 2.53. The average Bonchev–Trinajstić information content (AvgIpc) is 2.74. The van der Waals surface area contributed by atoms with Gasteiger partial charge in [0.05, 0.1) is 5.92 Å². The molecule has 158 valence electrons. The van der Waals surface area contributed by atoms with Gasteiger partial charge in [-0.2, -0.15) is 0 Å². The predicted molar refractivity (Wildman–Crippen MR) is 122 cm³/mol. The number of aliphatic carboxylic acids is 1. The van der Waals surface area contributed by atoms with Crippen molar-refractivity contribution in [2.45, 2.75) is 44.4 Å². The number of carbonyl (C=O) groups is 1. The molecule has 0 fully saturated rings. The maximum Gasteiger partial charge on any atom is 0.307 e. The summed E-state index contributed by atoms with van der Waals surface area (Å²) in [5.74, 6) is -1.89. The first-order valence-corrected chi connectivity index (χ1v) is 12.3. The van der Waals surface area contributed by atoms with Gasteiger partial charge in [-0.3, -0.25) is 9.36 Å². The van der Waals surface area contributed by atoms with Gasteiger partial charge in [0.2, 0.25) is 7.37 Å². The van der Waals surface area contributed by atoms with E-state index in [9.17, 15) is 19.4 Å². The van der Waals surface area contributed by atoms with Crippen LogP contribution in [0.2, 0.25) is 0 Å². The molecule has 0 aliphatic heterocycles. The zero-order valence-corrected chi connectivity index (χ0v) is 18.3. The maximum absolute atomic E-state index is 13.1. The molecule has 0 spiro atoms. The Hall–Kier alpha value is -2.42. The van der Waals surface area contributed by atoms with Crippen LogP contribution in [-0.2, 0) is 15.5 Å². The third-order valence-corrected chi connectivity index (χ3v) is 8.51. The smallest absolute Gasteiger partial charge is 0.307 e. The van der Waals surface area contributed by atoms with E-state index in [1.54, 1.807) is 19.1 Å². The molecule has 5 heteroatoms. The Kier molecular flexibility index (Phi) is 7.12. The largest absolute Gasteiger partial charge is 0.481 e. The molecule has 0 aliphatic carbocycles. The summed E-state index contributed by atoms with van der Waals surface area (Å²) in [4.78, 5) is 22.8. The molecule has 3 aromatic carbocycles. The standard InChI is InChI=1S/C25H29O4P/c1-3-20(23-14-13-21-11-7-8-12-22(21)15-23)16-24(25(26)27)18(2)30(28,29)17-19-9-5-4-6-10-19/h4-15,18,20,24H,3,16-17H2,1-2H3,(H,26,27)(H,28,29). The molecule has 0 radical (unpaired) electrons. The van der Waals surface area contributed by atoms with E-state index in [1.165, 1.54) is 0 Å². The first kappa shape index (κ1) is 22.3. The summed E-state index contributed by atoms with van der Waals surface area (Å²) >= 11 is 0. The first-order chi connectivity index (χ1) is 14.3. The molecular formula is C25H29O4P. The SMILES string of the molecule is CCC(CC(C(=O)O)C(C)P(=O)(O)Cc1ccccc1)c1ccc2ccccc2c1. The van der Waals surface area contributed by atoms with E-state index >= 15 is 0 Å². The zero-order chi connectivity index (χ0) is 21.7. The summed E-state index contributed by atoms with van der Waals surface area (Å²) in [7, 11) is -3.69. The van der Waals surface area contributed by atoms with Gasteiger partial charge in [0.1, 0.15) is 0 Å². The molecule has 4 unspecified atom stereocenters. The summed E-state index contributed by atoms with van der Waals surface area (Å²) in [6, 6.07) is 23.4. The number of hydrogen-bond donors (Lipinski definition) is 2. The van der Waals surface area contributed by atoms with Gasteiger partial charge in [-0.1, -0.05) is 86.6 Å². The van der Waals surface area contributed by atoms with Gasteiger partial charge in [0.25, 0.3) is 0 Å². The van der Waals surface area contributed by atoms with E-state index in [4.69, 9.17) is 0 Å². The number of benzene rings is 3. The van der Waals surface area contributed by atoms with Gasteiger partial charge in [-0.25, -0.2) is 0 Å². The lowest BCUT2D eigenvalue weighted by atomic mass is 9.85. The van der Waals surface area contributed by atoms with Crippen LogP contribution in [0.15, 0.2) is 72.8 Å². The van der Waals surface area contributed by atoms with Gasteiger partial charge >= 0.3 is 5.97 Å². The lowest BCUT2D eigenvalue weighted by Crippen LogP contribution is -2.28. The van der Waals surface area contributed by atoms with Crippen LogP contribution in [0.1, 0.15) is 43.7 Å². The molecule has 0 bridgehead atoms. The van der Waals surface area contributed by atoms with Crippen LogP contribution in [0.3, 0.4) is 0 Å². The highest BCUT2D eigenvalue weighted by Gasteiger charge is 2.39. The van der Waals surface area contributed by atoms with Crippen LogP contribution in [0.5, 0.6) is 0 Å². The molecule has 4 nitrogen and oxygen atoms in total. The van der Waals surface area contributed by atoms with E-state index in [2.05, 4.69) is 12.1 Å². The van der Waals surface area contributed by atoms with Gasteiger partial charge in [-0.15, -0.1) is 0 Å². The minimum absolute atomic E-state index is 0.00838. The Morgan fingerprint density at radius 1 is 0.967 bits per heavy atom.